The summed E-state index contributed by atoms with van der Waals surface area (Å²) < 4.78 is 1.51. The predicted octanol–water partition coefficient (Wildman–Crippen LogP) is 2.75. The molecule has 4 nitrogen and oxygen atoms in total. The molecule has 0 unspecified atom stereocenters. The minimum Gasteiger partial charge on any atom is -0.478 e. The monoisotopic (exact) mass is 259 g/mol. The Labute approximate surface area is 111 Å². The third-order valence-corrected chi connectivity index (χ3v) is 3.17. The van der Waals surface area contributed by atoms with Crippen molar-refractivity contribution >= 4 is 16.7 Å². The molecular weight excluding hydrogens is 242 g/mol. The molecule has 0 spiro atoms. The highest BCUT2D eigenvalue weighted by atomic mass is 16.4. The molecule has 0 aliphatic heterocycles. The number of carboxylic acids is 1. The van der Waals surface area contributed by atoms with Crippen LogP contribution in [-0.2, 0) is 6.54 Å². The molecule has 4 heteroatoms. The van der Waals surface area contributed by atoms with Gasteiger partial charge in [-0.25, -0.2) is 4.79 Å². The number of benzene rings is 1. The Morgan fingerprint density at radius 2 is 1.89 bits per heavy atom. The highest BCUT2D eigenvalue weighted by Crippen LogP contribution is 2.16. The molecule has 0 saturated heterocycles. The van der Waals surface area contributed by atoms with Crippen LogP contribution in [0.5, 0.6) is 0 Å². The van der Waals surface area contributed by atoms with Gasteiger partial charge in [0, 0.05) is 23.5 Å². The van der Waals surface area contributed by atoms with E-state index >= 15 is 0 Å². The molecule has 0 amide bonds. The van der Waals surface area contributed by atoms with Gasteiger partial charge in [0.15, 0.2) is 0 Å². The number of pyridine rings is 1. The lowest BCUT2D eigenvalue weighted by atomic mass is 10.1. The number of carboxylic acid groups (broad SMARTS) is 1. The molecule has 0 atom stereocenters. The topological polar surface area (TPSA) is 59.3 Å². The molecule has 0 fully saturated rings. The van der Waals surface area contributed by atoms with Crippen molar-refractivity contribution in [3.8, 4) is 0 Å². The van der Waals surface area contributed by atoms with Gasteiger partial charge < -0.3 is 9.67 Å². The number of aryl methyl sites for hydroxylation is 1. The SMILES string of the molecule is CC(C)CCn1cc(C(=O)O)c2ccccc2c1=O. The summed E-state index contributed by atoms with van der Waals surface area (Å²) >= 11 is 0. The zero-order valence-corrected chi connectivity index (χ0v) is 11.1. The Morgan fingerprint density at radius 3 is 2.47 bits per heavy atom. The van der Waals surface area contributed by atoms with Gasteiger partial charge in [-0.2, -0.15) is 0 Å². The average molecular weight is 259 g/mol. The van der Waals surface area contributed by atoms with E-state index in [1.807, 2.05) is 0 Å². The first-order valence-corrected chi connectivity index (χ1v) is 6.36. The van der Waals surface area contributed by atoms with E-state index in [-0.39, 0.29) is 11.1 Å². The summed E-state index contributed by atoms with van der Waals surface area (Å²) in [5, 5.41) is 10.2. The van der Waals surface area contributed by atoms with Gasteiger partial charge in [0.05, 0.1) is 5.56 Å². The largest absolute Gasteiger partial charge is 0.478 e. The lowest BCUT2D eigenvalue weighted by molar-refractivity contribution is 0.0698. The van der Waals surface area contributed by atoms with Gasteiger partial charge in [-0.05, 0) is 18.4 Å². The van der Waals surface area contributed by atoms with Crippen LogP contribution in [0.3, 0.4) is 0 Å². The van der Waals surface area contributed by atoms with E-state index < -0.39 is 5.97 Å². The molecule has 1 aromatic heterocycles. The average Bonchev–Trinajstić information content (AvgIpc) is 2.37. The van der Waals surface area contributed by atoms with E-state index in [0.29, 0.717) is 23.2 Å². The maximum atomic E-state index is 12.3. The summed E-state index contributed by atoms with van der Waals surface area (Å²) in [6.45, 7) is 4.69. The van der Waals surface area contributed by atoms with E-state index in [2.05, 4.69) is 13.8 Å². The molecular formula is C15H17NO3. The number of carbonyl (C=O) groups is 1. The van der Waals surface area contributed by atoms with Crippen LogP contribution >= 0.6 is 0 Å². The van der Waals surface area contributed by atoms with E-state index in [4.69, 9.17) is 0 Å². The van der Waals surface area contributed by atoms with Gasteiger partial charge >= 0.3 is 5.97 Å². The van der Waals surface area contributed by atoms with E-state index in [9.17, 15) is 14.7 Å². The number of aromatic carboxylic acids is 1. The summed E-state index contributed by atoms with van der Waals surface area (Å²) in [7, 11) is 0. The summed E-state index contributed by atoms with van der Waals surface area (Å²) in [6, 6.07) is 6.85. The second kappa shape index (κ2) is 5.26. The summed E-state index contributed by atoms with van der Waals surface area (Å²) in [5.74, 6) is -0.541. The molecule has 0 aliphatic rings. The first-order chi connectivity index (χ1) is 9.00. The Hall–Kier alpha value is -2.10. The molecule has 1 aromatic carbocycles. The predicted molar refractivity (Wildman–Crippen MR) is 74.6 cm³/mol. The van der Waals surface area contributed by atoms with Crippen molar-refractivity contribution in [1.29, 1.82) is 0 Å². The molecule has 0 aliphatic carbocycles. The van der Waals surface area contributed by atoms with Crippen molar-refractivity contribution < 1.29 is 9.90 Å². The van der Waals surface area contributed by atoms with Crippen molar-refractivity contribution in [2.45, 2.75) is 26.8 Å². The maximum absolute atomic E-state index is 12.3. The van der Waals surface area contributed by atoms with E-state index in [0.717, 1.165) is 6.42 Å². The molecule has 2 aromatic rings. The van der Waals surface area contributed by atoms with Crippen LogP contribution in [0.4, 0.5) is 0 Å². The minimum absolute atomic E-state index is 0.124. The second-order valence-electron chi connectivity index (χ2n) is 5.07. The second-order valence-corrected chi connectivity index (χ2v) is 5.07. The van der Waals surface area contributed by atoms with Crippen molar-refractivity contribution in [3.05, 3.63) is 46.4 Å². The zero-order chi connectivity index (χ0) is 14.0. The van der Waals surface area contributed by atoms with Gasteiger partial charge in [0.2, 0.25) is 0 Å². The van der Waals surface area contributed by atoms with Gasteiger partial charge in [0.1, 0.15) is 0 Å². The lowest BCUT2D eigenvalue weighted by Gasteiger charge is -2.11. The fraction of sp³-hybridized carbons (Fsp3) is 0.333. The summed E-state index contributed by atoms with van der Waals surface area (Å²) in [6.07, 6.45) is 2.30. The molecule has 0 radical (unpaired) electrons. The van der Waals surface area contributed by atoms with Gasteiger partial charge in [-0.1, -0.05) is 32.0 Å². The first kappa shape index (κ1) is 13.3. The number of fused-ring (bicyclic) bond motifs is 1. The Morgan fingerprint density at radius 1 is 1.26 bits per heavy atom. The van der Waals surface area contributed by atoms with Crippen LogP contribution in [0.2, 0.25) is 0 Å². The Bertz CT molecular complexity index is 671. The van der Waals surface area contributed by atoms with Gasteiger partial charge in [0.25, 0.3) is 5.56 Å². The smallest absolute Gasteiger partial charge is 0.337 e. The van der Waals surface area contributed by atoms with Crippen molar-refractivity contribution in [2.75, 3.05) is 0 Å². The summed E-state index contributed by atoms with van der Waals surface area (Å²) in [4.78, 5) is 23.6. The number of hydrogen-bond acceptors (Lipinski definition) is 2. The Balaban J connectivity index is 2.63. The van der Waals surface area contributed by atoms with Crippen molar-refractivity contribution in [2.24, 2.45) is 5.92 Å². The molecule has 100 valence electrons. The highest BCUT2D eigenvalue weighted by Gasteiger charge is 2.13. The van der Waals surface area contributed by atoms with Crippen LogP contribution in [0.1, 0.15) is 30.6 Å². The van der Waals surface area contributed by atoms with Crippen molar-refractivity contribution in [3.63, 3.8) is 0 Å². The molecule has 0 saturated carbocycles. The van der Waals surface area contributed by atoms with Gasteiger partial charge in [-0.3, -0.25) is 4.79 Å². The number of rotatable bonds is 4. The van der Waals surface area contributed by atoms with Crippen LogP contribution in [0.15, 0.2) is 35.3 Å². The lowest BCUT2D eigenvalue weighted by Crippen LogP contribution is -2.22. The standard InChI is InChI=1S/C15H17NO3/c1-10(2)7-8-16-9-13(15(18)19)11-5-3-4-6-12(11)14(16)17/h3-6,9-10H,7-8H2,1-2H3,(H,18,19). The maximum Gasteiger partial charge on any atom is 0.337 e. The number of hydrogen-bond donors (Lipinski definition) is 1. The quantitative estimate of drug-likeness (QED) is 0.918. The van der Waals surface area contributed by atoms with Crippen LogP contribution in [0, 0.1) is 5.92 Å². The molecule has 0 bridgehead atoms. The van der Waals surface area contributed by atoms with E-state index in [1.165, 1.54) is 10.8 Å². The van der Waals surface area contributed by atoms with Gasteiger partial charge in [-0.15, -0.1) is 0 Å². The van der Waals surface area contributed by atoms with Crippen molar-refractivity contribution in [1.82, 2.24) is 4.57 Å². The zero-order valence-electron chi connectivity index (χ0n) is 11.1. The molecule has 1 N–H and O–H groups in total. The number of aromatic nitrogens is 1. The summed E-state index contributed by atoms with van der Waals surface area (Å²) in [5.41, 5.74) is 0.0557. The first-order valence-electron chi connectivity index (χ1n) is 6.36. The van der Waals surface area contributed by atoms with Crippen LogP contribution in [0.25, 0.3) is 10.8 Å². The third-order valence-electron chi connectivity index (χ3n) is 3.17. The third kappa shape index (κ3) is 2.67. The normalized spacial score (nSPS) is 11.1. The fourth-order valence-electron chi connectivity index (χ4n) is 2.08. The highest BCUT2D eigenvalue weighted by molar-refractivity contribution is 6.02. The van der Waals surface area contributed by atoms with Crippen LogP contribution < -0.4 is 5.56 Å². The molecule has 2 rings (SSSR count). The molecule has 19 heavy (non-hydrogen) atoms. The minimum atomic E-state index is -1.01. The fourth-order valence-corrected chi connectivity index (χ4v) is 2.08. The molecule has 1 heterocycles. The Kier molecular flexibility index (Phi) is 3.69. The number of nitrogens with zero attached hydrogens (tertiary/aromatic N) is 1. The van der Waals surface area contributed by atoms with Crippen LogP contribution in [-0.4, -0.2) is 15.6 Å². The van der Waals surface area contributed by atoms with E-state index in [1.54, 1.807) is 24.3 Å².